The molecule has 17 heavy (non-hydrogen) atoms. The number of pyridine rings is 1. The summed E-state index contributed by atoms with van der Waals surface area (Å²) in [5.41, 5.74) is -0.826. The number of aromatic nitrogens is 1. The molecular weight excluding hydrogens is 298 g/mol. The van der Waals surface area contributed by atoms with Crippen molar-refractivity contribution in [3.63, 3.8) is 0 Å². The van der Waals surface area contributed by atoms with Crippen molar-refractivity contribution in [1.82, 2.24) is 4.98 Å². The van der Waals surface area contributed by atoms with Crippen LogP contribution in [0.4, 0.5) is 8.78 Å². The van der Waals surface area contributed by atoms with Gasteiger partial charge in [0.2, 0.25) is 0 Å². The Balaban J connectivity index is 3.47. The number of esters is 1. The van der Waals surface area contributed by atoms with Gasteiger partial charge in [-0.15, -0.1) is 0 Å². The van der Waals surface area contributed by atoms with Gasteiger partial charge in [0, 0.05) is 16.5 Å². The predicted octanol–water partition coefficient (Wildman–Crippen LogP) is 2.57. The topological polar surface area (TPSA) is 63.0 Å². The maximum absolute atomic E-state index is 12.8. The molecule has 0 aliphatic heterocycles. The molecule has 0 unspecified atom stereocenters. The van der Waals surface area contributed by atoms with Gasteiger partial charge >= 0.3 is 5.97 Å². The van der Waals surface area contributed by atoms with Crippen LogP contribution in [0.3, 0.4) is 0 Å². The number of carbonyl (C=O) groups excluding carboxylic acids is 1. The number of alkyl halides is 3. The van der Waals surface area contributed by atoms with Crippen LogP contribution in [0.15, 0.2) is 6.07 Å². The molecule has 0 saturated heterocycles. The molecule has 1 aromatic rings. The summed E-state index contributed by atoms with van der Waals surface area (Å²) >= 11 is 3.01. The second-order valence-electron chi connectivity index (χ2n) is 2.96. The molecule has 1 aromatic heterocycles. The van der Waals surface area contributed by atoms with Gasteiger partial charge in [0.25, 0.3) is 6.43 Å². The highest BCUT2D eigenvalue weighted by molar-refractivity contribution is 9.08. The lowest BCUT2D eigenvalue weighted by molar-refractivity contribution is 0.0593. The van der Waals surface area contributed by atoms with Gasteiger partial charge in [0.15, 0.2) is 0 Å². The highest BCUT2D eigenvalue weighted by Crippen LogP contribution is 2.27. The minimum absolute atomic E-state index is 0.0595. The molecule has 0 aliphatic rings. The van der Waals surface area contributed by atoms with Crippen LogP contribution in [0.5, 0.6) is 0 Å². The van der Waals surface area contributed by atoms with E-state index in [1.807, 2.05) is 0 Å². The van der Waals surface area contributed by atoms with E-state index in [1.54, 1.807) is 6.07 Å². The first kappa shape index (κ1) is 13.5. The van der Waals surface area contributed by atoms with Crippen LogP contribution < -0.4 is 0 Å². The normalized spacial score (nSPS) is 10.1. The molecule has 0 aromatic carbocycles. The van der Waals surface area contributed by atoms with Gasteiger partial charge in [-0.2, -0.15) is 5.26 Å². The second-order valence-corrected chi connectivity index (χ2v) is 3.52. The third-order valence-corrected chi connectivity index (χ3v) is 2.59. The molecule has 1 rings (SSSR count). The first-order valence-corrected chi connectivity index (χ1v) is 5.53. The number of carbonyl (C=O) groups is 1. The van der Waals surface area contributed by atoms with Crippen LogP contribution in [0.2, 0.25) is 0 Å². The van der Waals surface area contributed by atoms with Crippen molar-refractivity contribution in [3.8, 4) is 6.07 Å². The zero-order valence-electron chi connectivity index (χ0n) is 8.71. The van der Waals surface area contributed by atoms with Crippen molar-refractivity contribution in [2.45, 2.75) is 11.8 Å². The molecule has 0 radical (unpaired) electrons. The van der Waals surface area contributed by atoms with E-state index in [1.165, 1.54) is 0 Å². The minimum Gasteiger partial charge on any atom is -0.464 e. The van der Waals surface area contributed by atoms with Gasteiger partial charge < -0.3 is 4.74 Å². The first-order valence-electron chi connectivity index (χ1n) is 4.41. The van der Waals surface area contributed by atoms with Gasteiger partial charge in [-0.1, -0.05) is 15.9 Å². The van der Waals surface area contributed by atoms with E-state index in [9.17, 15) is 13.6 Å². The standard InChI is InChI=1S/C10H7BrF2N2O2/c1-17-10(16)7-2-5(9(12)13)6(3-11)8(4-14)15-7/h2,9H,3H2,1H3. The van der Waals surface area contributed by atoms with Crippen molar-refractivity contribution in [1.29, 1.82) is 5.26 Å². The summed E-state index contributed by atoms with van der Waals surface area (Å²) in [6.07, 6.45) is -2.79. The number of hydrogen-bond donors (Lipinski definition) is 0. The smallest absolute Gasteiger partial charge is 0.356 e. The maximum Gasteiger partial charge on any atom is 0.356 e. The van der Waals surface area contributed by atoms with E-state index in [0.717, 1.165) is 13.2 Å². The van der Waals surface area contributed by atoms with E-state index < -0.39 is 18.0 Å². The fourth-order valence-corrected chi connectivity index (χ4v) is 1.82. The summed E-state index contributed by atoms with van der Waals surface area (Å²) in [5, 5.41) is 8.86. The van der Waals surface area contributed by atoms with Gasteiger partial charge in [0.05, 0.1) is 7.11 Å². The SMILES string of the molecule is COC(=O)c1cc(C(F)F)c(CBr)c(C#N)n1. The van der Waals surface area contributed by atoms with Crippen molar-refractivity contribution >= 4 is 21.9 Å². The molecule has 0 saturated carbocycles. The zero-order chi connectivity index (χ0) is 13.0. The summed E-state index contributed by atoms with van der Waals surface area (Å²) < 4.78 is 29.9. The number of methoxy groups -OCH3 is 1. The molecule has 0 aliphatic carbocycles. The molecule has 4 nitrogen and oxygen atoms in total. The summed E-state index contributed by atoms with van der Waals surface area (Å²) in [5.74, 6) is -0.857. The molecular formula is C10H7BrF2N2O2. The lowest BCUT2D eigenvalue weighted by atomic mass is 10.1. The highest BCUT2D eigenvalue weighted by atomic mass is 79.9. The van der Waals surface area contributed by atoms with Crippen molar-refractivity contribution < 1.29 is 18.3 Å². The minimum atomic E-state index is -2.79. The van der Waals surface area contributed by atoms with E-state index in [0.29, 0.717) is 0 Å². The van der Waals surface area contributed by atoms with Crippen LogP contribution in [0.1, 0.15) is 33.7 Å². The summed E-state index contributed by atoms with van der Waals surface area (Å²) in [6, 6.07) is 2.62. The molecule has 90 valence electrons. The number of nitrogens with zero attached hydrogens (tertiary/aromatic N) is 2. The molecule has 0 spiro atoms. The number of nitriles is 1. The lowest BCUT2D eigenvalue weighted by Crippen LogP contribution is -2.09. The third-order valence-electron chi connectivity index (χ3n) is 2.03. The maximum atomic E-state index is 12.8. The fraction of sp³-hybridized carbons (Fsp3) is 0.300. The van der Waals surface area contributed by atoms with Crippen molar-refractivity contribution in [2.24, 2.45) is 0 Å². The lowest BCUT2D eigenvalue weighted by Gasteiger charge is -2.09. The third kappa shape index (κ3) is 2.77. The Kier molecular flexibility index (Phi) is 4.52. The summed E-state index contributed by atoms with van der Waals surface area (Å²) in [4.78, 5) is 14.9. The largest absolute Gasteiger partial charge is 0.464 e. The van der Waals surface area contributed by atoms with E-state index in [4.69, 9.17) is 5.26 Å². The number of rotatable bonds is 3. The molecule has 0 fully saturated rings. The molecule has 0 N–H and O–H groups in total. The predicted molar refractivity (Wildman–Crippen MR) is 57.9 cm³/mol. The Morgan fingerprint density at radius 1 is 1.71 bits per heavy atom. The summed E-state index contributed by atoms with van der Waals surface area (Å²) in [7, 11) is 1.11. The molecule has 0 atom stereocenters. The highest BCUT2D eigenvalue weighted by Gasteiger charge is 2.21. The Bertz CT molecular complexity index is 486. The van der Waals surface area contributed by atoms with Crippen LogP contribution >= 0.6 is 15.9 Å². The van der Waals surface area contributed by atoms with Crippen LogP contribution in [-0.4, -0.2) is 18.1 Å². The number of ether oxygens (including phenoxy) is 1. The van der Waals surface area contributed by atoms with Crippen molar-refractivity contribution in [2.75, 3.05) is 7.11 Å². The zero-order valence-corrected chi connectivity index (χ0v) is 10.3. The Morgan fingerprint density at radius 3 is 2.76 bits per heavy atom. The van der Waals surface area contributed by atoms with E-state index >= 15 is 0 Å². The Hall–Kier alpha value is -1.55. The van der Waals surface area contributed by atoms with Crippen LogP contribution in [0, 0.1) is 11.3 Å². The van der Waals surface area contributed by atoms with E-state index in [2.05, 4.69) is 25.7 Å². The average molecular weight is 305 g/mol. The number of hydrogen-bond acceptors (Lipinski definition) is 4. The van der Waals surface area contributed by atoms with Gasteiger partial charge in [-0.25, -0.2) is 18.6 Å². The number of halogens is 3. The molecule has 7 heteroatoms. The van der Waals surface area contributed by atoms with Crippen LogP contribution in [-0.2, 0) is 10.1 Å². The summed E-state index contributed by atoms with van der Waals surface area (Å²) in [6.45, 7) is 0. The first-order chi connectivity index (χ1) is 8.04. The average Bonchev–Trinajstić information content (AvgIpc) is 2.35. The fourth-order valence-electron chi connectivity index (χ4n) is 1.23. The second kappa shape index (κ2) is 5.68. The molecule has 1 heterocycles. The van der Waals surface area contributed by atoms with Crippen LogP contribution in [0.25, 0.3) is 0 Å². The monoisotopic (exact) mass is 304 g/mol. The quantitative estimate of drug-likeness (QED) is 0.636. The van der Waals surface area contributed by atoms with Gasteiger partial charge in [0.1, 0.15) is 17.5 Å². The van der Waals surface area contributed by atoms with E-state index in [-0.39, 0.29) is 22.3 Å². The molecule has 0 bridgehead atoms. The Labute approximate surface area is 104 Å². The Morgan fingerprint density at radius 2 is 2.35 bits per heavy atom. The van der Waals surface area contributed by atoms with Crippen molar-refractivity contribution in [3.05, 3.63) is 28.6 Å². The van der Waals surface area contributed by atoms with Gasteiger partial charge in [-0.05, 0) is 6.07 Å². The molecule has 0 amide bonds. The van der Waals surface area contributed by atoms with Gasteiger partial charge in [-0.3, -0.25) is 0 Å².